The van der Waals surface area contributed by atoms with Crippen molar-refractivity contribution in [1.29, 1.82) is 0 Å². The molecular formula is C28H54O5. The maximum atomic E-state index is 11.9. The van der Waals surface area contributed by atoms with Gasteiger partial charge in [0.2, 0.25) is 0 Å². The summed E-state index contributed by atoms with van der Waals surface area (Å²) in [6, 6.07) is 0. The average molecular weight is 471 g/mol. The number of carbonyl (C=O) groups excluding carboxylic acids is 2. The van der Waals surface area contributed by atoms with Crippen LogP contribution in [0.2, 0.25) is 0 Å². The molecule has 33 heavy (non-hydrogen) atoms. The van der Waals surface area contributed by atoms with Gasteiger partial charge in [0.1, 0.15) is 0 Å². The Labute approximate surface area is 204 Å². The molecule has 0 aliphatic carbocycles. The molecule has 0 aromatic carbocycles. The Morgan fingerprint density at radius 3 is 1.58 bits per heavy atom. The molecule has 5 nitrogen and oxygen atoms in total. The molecule has 0 aromatic rings. The van der Waals surface area contributed by atoms with Crippen LogP contribution in [-0.4, -0.2) is 38.9 Å². The summed E-state index contributed by atoms with van der Waals surface area (Å²) in [5, 5.41) is 0. The summed E-state index contributed by atoms with van der Waals surface area (Å²) >= 11 is 0. The van der Waals surface area contributed by atoms with Crippen LogP contribution < -0.4 is 0 Å². The second-order valence-corrected chi connectivity index (χ2v) is 9.41. The molecule has 0 bridgehead atoms. The van der Waals surface area contributed by atoms with Gasteiger partial charge >= 0.3 is 11.9 Å². The van der Waals surface area contributed by atoms with E-state index in [1.807, 2.05) is 0 Å². The van der Waals surface area contributed by atoms with Crippen LogP contribution in [-0.2, 0) is 23.8 Å². The van der Waals surface area contributed by atoms with E-state index in [-0.39, 0.29) is 18.4 Å². The topological polar surface area (TPSA) is 61.8 Å². The lowest BCUT2D eigenvalue weighted by molar-refractivity contribution is -0.145. The van der Waals surface area contributed by atoms with E-state index >= 15 is 0 Å². The van der Waals surface area contributed by atoms with E-state index in [9.17, 15) is 9.59 Å². The van der Waals surface area contributed by atoms with E-state index in [1.54, 1.807) is 7.11 Å². The highest BCUT2D eigenvalue weighted by Gasteiger charge is 2.11. The molecule has 0 saturated carbocycles. The minimum Gasteiger partial charge on any atom is -0.466 e. The highest BCUT2D eigenvalue weighted by molar-refractivity contribution is 5.72. The highest BCUT2D eigenvalue weighted by atomic mass is 16.5. The molecule has 0 rings (SSSR count). The number of hydrogen-bond acceptors (Lipinski definition) is 5. The van der Waals surface area contributed by atoms with Gasteiger partial charge in [0.15, 0.2) is 0 Å². The molecule has 1 unspecified atom stereocenters. The Morgan fingerprint density at radius 1 is 0.545 bits per heavy atom. The molecule has 0 heterocycles. The van der Waals surface area contributed by atoms with Crippen LogP contribution >= 0.6 is 0 Å². The van der Waals surface area contributed by atoms with Gasteiger partial charge in [0.05, 0.1) is 13.2 Å². The number of carbonyl (C=O) groups is 2. The summed E-state index contributed by atoms with van der Waals surface area (Å²) in [6.45, 7) is 6.16. The predicted molar refractivity (Wildman–Crippen MR) is 136 cm³/mol. The Hall–Kier alpha value is -1.10. The Kier molecular flexibility index (Phi) is 24.7. The zero-order valence-corrected chi connectivity index (χ0v) is 22.2. The van der Waals surface area contributed by atoms with Gasteiger partial charge in [-0.25, -0.2) is 0 Å². The van der Waals surface area contributed by atoms with Gasteiger partial charge in [-0.3, -0.25) is 9.59 Å². The van der Waals surface area contributed by atoms with Crippen LogP contribution in [0.15, 0.2) is 0 Å². The Morgan fingerprint density at radius 2 is 1.03 bits per heavy atom. The van der Waals surface area contributed by atoms with Gasteiger partial charge in [-0.15, -0.1) is 0 Å². The first kappa shape index (κ1) is 31.9. The van der Waals surface area contributed by atoms with Gasteiger partial charge in [-0.1, -0.05) is 97.3 Å². The first-order chi connectivity index (χ1) is 16.1. The zero-order valence-electron chi connectivity index (χ0n) is 22.2. The zero-order chi connectivity index (χ0) is 24.4. The number of esters is 2. The molecule has 0 aliphatic heterocycles. The van der Waals surface area contributed by atoms with Crippen molar-refractivity contribution in [2.75, 3.05) is 26.9 Å². The normalized spacial score (nSPS) is 12.0. The third-order valence-corrected chi connectivity index (χ3v) is 6.26. The molecular weight excluding hydrogens is 416 g/mol. The summed E-state index contributed by atoms with van der Waals surface area (Å²) in [4.78, 5) is 23.7. The van der Waals surface area contributed by atoms with Crippen molar-refractivity contribution >= 4 is 11.9 Å². The third-order valence-electron chi connectivity index (χ3n) is 6.26. The predicted octanol–water partition coefficient (Wildman–Crippen LogP) is 7.79. The SMILES string of the molecule is CCCCCCCCCCCCCOC(=O)CCCC(=O)OCCC(CCCC)CCOC. The van der Waals surface area contributed by atoms with Crippen LogP contribution in [0.4, 0.5) is 0 Å². The van der Waals surface area contributed by atoms with Crippen molar-refractivity contribution in [3.63, 3.8) is 0 Å². The van der Waals surface area contributed by atoms with Gasteiger partial charge in [-0.2, -0.15) is 0 Å². The summed E-state index contributed by atoms with van der Waals surface area (Å²) in [5.74, 6) is 0.131. The maximum Gasteiger partial charge on any atom is 0.305 e. The molecule has 196 valence electrons. The van der Waals surface area contributed by atoms with Crippen molar-refractivity contribution in [2.24, 2.45) is 5.92 Å². The first-order valence-corrected chi connectivity index (χ1v) is 13.9. The van der Waals surface area contributed by atoms with Gasteiger partial charge in [0, 0.05) is 26.6 Å². The van der Waals surface area contributed by atoms with Gasteiger partial charge in [0.25, 0.3) is 0 Å². The lowest BCUT2D eigenvalue weighted by Gasteiger charge is -2.16. The van der Waals surface area contributed by atoms with Crippen LogP contribution in [0, 0.1) is 5.92 Å². The number of hydrogen-bond donors (Lipinski definition) is 0. The first-order valence-electron chi connectivity index (χ1n) is 13.9. The van der Waals surface area contributed by atoms with Crippen molar-refractivity contribution in [2.45, 2.75) is 136 Å². The molecule has 0 aliphatic rings. The van der Waals surface area contributed by atoms with E-state index in [1.165, 1.54) is 70.6 Å². The Bertz CT molecular complexity index is 430. The molecule has 0 fully saturated rings. The van der Waals surface area contributed by atoms with Crippen LogP contribution in [0.1, 0.15) is 136 Å². The fourth-order valence-corrected chi connectivity index (χ4v) is 4.02. The van der Waals surface area contributed by atoms with Crippen LogP contribution in [0.3, 0.4) is 0 Å². The minimum absolute atomic E-state index is 0.200. The molecule has 0 aromatic heterocycles. The molecule has 0 radical (unpaired) electrons. The smallest absolute Gasteiger partial charge is 0.305 e. The van der Waals surface area contributed by atoms with Crippen molar-refractivity contribution < 1.29 is 23.8 Å². The lowest BCUT2D eigenvalue weighted by atomic mass is 9.96. The lowest BCUT2D eigenvalue weighted by Crippen LogP contribution is -2.12. The minimum atomic E-state index is -0.214. The molecule has 1 atom stereocenters. The van der Waals surface area contributed by atoms with Crippen LogP contribution in [0.5, 0.6) is 0 Å². The molecule has 5 heteroatoms. The quantitative estimate of drug-likeness (QED) is 0.101. The summed E-state index contributed by atoms with van der Waals surface area (Å²) in [7, 11) is 1.72. The molecule has 0 amide bonds. The molecule has 0 N–H and O–H groups in total. The summed E-state index contributed by atoms with van der Waals surface area (Å²) in [6.07, 6.45) is 20.6. The fourth-order valence-electron chi connectivity index (χ4n) is 4.02. The van der Waals surface area contributed by atoms with E-state index in [2.05, 4.69) is 13.8 Å². The highest BCUT2D eigenvalue weighted by Crippen LogP contribution is 2.17. The number of ether oxygens (including phenoxy) is 3. The molecule has 0 spiro atoms. The number of rotatable bonds is 25. The third kappa shape index (κ3) is 23.8. The van der Waals surface area contributed by atoms with Crippen molar-refractivity contribution in [3.05, 3.63) is 0 Å². The second-order valence-electron chi connectivity index (χ2n) is 9.41. The maximum absolute atomic E-state index is 11.9. The van der Waals surface area contributed by atoms with E-state index in [4.69, 9.17) is 14.2 Å². The largest absolute Gasteiger partial charge is 0.466 e. The van der Waals surface area contributed by atoms with E-state index < -0.39 is 0 Å². The van der Waals surface area contributed by atoms with Crippen molar-refractivity contribution in [1.82, 2.24) is 0 Å². The summed E-state index contributed by atoms with van der Waals surface area (Å²) < 4.78 is 15.8. The second kappa shape index (κ2) is 25.5. The fraction of sp³-hybridized carbons (Fsp3) is 0.929. The number of methoxy groups -OCH3 is 1. The monoisotopic (exact) mass is 470 g/mol. The van der Waals surface area contributed by atoms with Crippen LogP contribution in [0.25, 0.3) is 0 Å². The number of unbranched alkanes of at least 4 members (excludes halogenated alkanes) is 11. The van der Waals surface area contributed by atoms with E-state index in [0.717, 1.165) is 38.7 Å². The standard InChI is InChI=1S/C28H54O5/c1-4-6-8-9-10-11-12-13-14-15-16-23-32-27(29)19-17-20-28(30)33-25-22-26(18-7-5-2)21-24-31-3/h26H,4-25H2,1-3H3. The Balaban J connectivity index is 3.53. The molecule has 0 saturated heterocycles. The summed E-state index contributed by atoms with van der Waals surface area (Å²) in [5.41, 5.74) is 0. The van der Waals surface area contributed by atoms with E-state index in [0.29, 0.717) is 32.0 Å². The average Bonchev–Trinajstić information content (AvgIpc) is 2.81. The van der Waals surface area contributed by atoms with Crippen molar-refractivity contribution in [3.8, 4) is 0 Å². The van der Waals surface area contributed by atoms with Gasteiger partial charge in [-0.05, 0) is 31.6 Å². The van der Waals surface area contributed by atoms with Gasteiger partial charge < -0.3 is 14.2 Å².